The lowest BCUT2D eigenvalue weighted by Gasteiger charge is -2.26. The van der Waals surface area contributed by atoms with Crippen LogP contribution in [0.25, 0.3) is 0 Å². The molecule has 34 heavy (non-hydrogen) atoms. The summed E-state index contributed by atoms with van der Waals surface area (Å²) in [6.45, 7) is 6.21. The summed E-state index contributed by atoms with van der Waals surface area (Å²) >= 11 is 0. The highest BCUT2D eigenvalue weighted by atomic mass is 16.2. The van der Waals surface area contributed by atoms with Crippen molar-refractivity contribution in [3.8, 4) is 0 Å². The molecule has 0 saturated carbocycles. The molecular weight excluding hydrogens is 422 g/mol. The number of amides is 3. The van der Waals surface area contributed by atoms with Gasteiger partial charge in [0.2, 0.25) is 5.91 Å². The Morgan fingerprint density at radius 2 is 1.35 bits per heavy atom. The number of carbonyl (C=O) groups excluding carboxylic acids is 2. The molecule has 3 rings (SSSR count). The fourth-order valence-electron chi connectivity index (χ4n) is 3.89. The highest BCUT2D eigenvalue weighted by Gasteiger charge is 2.19. The summed E-state index contributed by atoms with van der Waals surface area (Å²) in [5, 5.41) is 3.00. The van der Waals surface area contributed by atoms with E-state index in [2.05, 4.69) is 17.4 Å². The van der Waals surface area contributed by atoms with Gasteiger partial charge in [0.1, 0.15) is 0 Å². The molecule has 0 unspecified atom stereocenters. The van der Waals surface area contributed by atoms with E-state index in [0.29, 0.717) is 32.6 Å². The largest absolute Gasteiger partial charge is 0.338 e. The SMILES string of the molecule is CCCN(CCC(=O)N(CCc1ccccc1)Cc1ccccc1)C(=O)Nc1ccccc1C. The van der Waals surface area contributed by atoms with Crippen molar-refractivity contribution in [3.63, 3.8) is 0 Å². The second-order valence-corrected chi connectivity index (χ2v) is 8.52. The number of para-hydroxylation sites is 1. The molecule has 0 fully saturated rings. The van der Waals surface area contributed by atoms with Crippen molar-refractivity contribution in [2.24, 2.45) is 0 Å². The predicted octanol–water partition coefficient (Wildman–Crippen LogP) is 5.90. The Morgan fingerprint density at radius 1 is 0.735 bits per heavy atom. The molecule has 0 saturated heterocycles. The molecule has 0 bridgehead atoms. The molecule has 0 spiro atoms. The van der Waals surface area contributed by atoms with Gasteiger partial charge in [0.25, 0.3) is 0 Å². The van der Waals surface area contributed by atoms with Crippen LogP contribution in [0, 0.1) is 6.92 Å². The molecule has 178 valence electrons. The number of benzene rings is 3. The minimum absolute atomic E-state index is 0.0598. The maximum absolute atomic E-state index is 13.3. The van der Waals surface area contributed by atoms with Gasteiger partial charge < -0.3 is 15.1 Å². The van der Waals surface area contributed by atoms with E-state index in [-0.39, 0.29) is 11.9 Å². The Kier molecular flexibility index (Phi) is 9.71. The van der Waals surface area contributed by atoms with Gasteiger partial charge in [0.05, 0.1) is 0 Å². The number of anilines is 1. The molecule has 0 atom stereocenters. The van der Waals surface area contributed by atoms with Crippen molar-refractivity contribution in [1.82, 2.24) is 9.80 Å². The molecule has 0 aliphatic rings. The van der Waals surface area contributed by atoms with Gasteiger partial charge in [-0.1, -0.05) is 85.8 Å². The summed E-state index contributed by atoms with van der Waals surface area (Å²) in [5.41, 5.74) is 4.12. The molecule has 0 aliphatic carbocycles. The van der Waals surface area contributed by atoms with Crippen LogP contribution in [-0.2, 0) is 17.8 Å². The Morgan fingerprint density at radius 3 is 2.00 bits per heavy atom. The van der Waals surface area contributed by atoms with Gasteiger partial charge in [0.15, 0.2) is 0 Å². The highest BCUT2D eigenvalue weighted by molar-refractivity contribution is 5.90. The van der Waals surface area contributed by atoms with E-state index in [9.17, 15) is 9.59 Å². The van der Waals surface area contributed by atoms with E-state index in [0.717, 1.165) is 29.7 Å². The number of aryl methyl sites for hydroxylation is 1. The maximum Gasteiger partial charge on any atom is 0.321 e. The average Bonchev–Trinajstić information content (AvgIpc) is 2.86. The van der Waals surface area contributed by atoms with Crippen LogP contribution in [-0.4, -0.2) is 41.4 Å². The van der Waals surface area contributed by atoms with Gasteiger partial charge in [-0.25, -0.2) is 4.79 Å². The molecule has 3 aromatic rings. The summed E-state index contributed by atoms with van der Waals surface area (Å²) in [6.07, 6.45) is 1.92. The first-order chi connectivity index (χ1) is 16.6. The van der Waals surface area contributed by atoms with Gasteiger partial charge in [0, 0.05) is 38.3 Å². The van der Waals surface area contributed by atoms with E-state index in [4.69, 9.17) is 0 Å². The van der Waals surface area contributed by atoms with Crippen molar-refractivity contribution in [1.29, 1.82) is 0 Å². The van der Waals surface area contributed by atoms with Crippen molar-refractivity contribution in [3.05, 3.63) is 102 Å². The van der Waals surface area contributed by atoms with Crippen molar-refractivity contribution < 1.29 is 9.59 Å². The third-order valence-electron chi connectivity index (χ3n) is 5.85. The van der Waals surface area contributed by atoms with Crippen molar-refractivity contribution >= 4 is 17.6 Å². The molecule has 3 amide bonds. The van der Waals surface area contributed by atoms with Crippen LogP contribution in [0.4, 0.5) is 10.5 Å². The zero-order valence-corrected chi connectivity index (χ0v) is 20.2. The van der Waals surface area contributed by atoms with Crippen LogP contribution >= 0.6 is 0 Å². The van der Waals surface area contributed by atoms with Crippen molar-refractivity contribution in [2.45, 2.75) is 39.7 Å². The number of nitrogens with zero attached hydrogens (tertiary/aromatic N) is 2. The van der Waals surface area contributed by atoms with Crippen LogP contribution in [0.15, 0.2) is 84.9 Å². The van der Waals surface area contributed by atoms with Gasteiger partial charge in [-0.2, -0.15) is 0 Å². The third kappa shape index (κ3) is 7.77. The molecule has 0 heterocycles. The van der Waals surface area contributed by atoms with Crippen molar-refractivity contribution in [2.75, 3.05) is 25.0 Å². The molecule has 3 aromatic carbocycles. The van der Waals surface area contributed by atoms with Crippen LogP contribution in [0.2, 0.25) is 0 Å². The molecule has 0 aromatic heterocycles. The molecule has 0 radical (unpaired) electrons. The summed E-state index contributed by atoms with van der Waals surface area (Å²) in [7, 11) is 0. The number of hydrogen-bond acceptors (Lipinski definition) is 2. The minimum Gasteiger partial charge on any atom is -0.338 e. The zero-order valence-electron chi connectivity index (χ0n) is 20.2. The highest BCUT2D eigenvalue weighted by Crippen LogP contribution is 2.15. The average molecular weight is 458 g/mol. The topological polar surface area (TPSA) is 52.7 Å². The quantitative estimate of drug-likeness (QED) is 0.390. The summed E-state index contributed by atoms with van der Waals surface area (Å²) in [6, 6.07) is 27.8. The lowest BCUT2D eigenvalue weighted by Crippen LogP contribution is -2.40. The maximum atomic E-state index is 13.3. The number of nitrogens with one attached hydrogen (secondary N) is 1. The first-order valence-corrected chi connectivity index (χ1v) is 12.0. The van der Waals surface area contributed by atoms with Gasteiger partial charge in [-0.05, 0) is 42.5 Å². The minimum atomic E-state index is -0.164. The predicted molar refractivity (Wildman–Crippen MR) is 139 cm³/mol. The van der Waals surface area contributed by atoms with Gasteiger partial charge in [-0.3, -0.25) is 4.79 Å². The smallest absolute Gasteiger partial charge is 0.321 e. The summed E-state index contributed by atoms with van der Waals surface area (Å²) in [5.74, 6) is 0.0598. The number of hydrogen-bond donors (Lipinski definition) is 1. The molecule has 0 aliphatic heterocycles. The first kappa shape index (κ1) is 25.0. The van der Waals surface area contributed by atoms with Gasteiger partial charge >= 0.3 is 6.03 Å². The van der Waals surface area contributed by atoms with Gasteiger partial charge in [-0.15, -0.1) is 0 Å². The van der Waals surface area contributed by atoms with Crippen LogP contribution in [0.3, 0.4) is 0 Å². The van der Waals surface area contributed by atoms with Crippen LogP contribution < -0.4 is 5.32 Å². The number of urea groups is 1. The first-order valence-electron chi connectivity index (χ1n) is 12.0. The van der Waals surface area contributed by atoms with E-state index in [1.165, 1.54) is 5.56 Å². The second-order valence-electron chi connectivity index (χ2n) is 8.52. The molecular formula is C29H35N3O2. The number of rotatable bonds is 11. The van der Waals surface area contributed by atoms with E-state index >= 15 is 0 Å². The molecule has 5 nitrogen and oxygen atoms in total. The summed E-state index contributed by atoms with van der Waals surface area (Å²) in [4.78, 5) is 29.9. The normalized spacial score (nSPS) is 10.5. The molecule has 5 heteroatoms. The lowest BCUT2D eigenvalue weighted by molar-refractivity contribution is -0.132. The third-order valence-corrected chi connectivity index (χ3v) is 5.85. The van der Waals surface area contributed by atoms with Crippen LogP contribution in [0.1, 0.15) is 36.5 Å². The molecule has 1 N–H and O–H groups in total. The Labute approximate surface area is 203 Å². The van der Waals surface area contributed by atoms with E-state index < -0.39 is 0 Å². The second kappa shape index (κ2) is 13.2. The fraction of sp³-hybridized carbons (Fsp3) is 0.310. The standard InChI is InChI=1S/C29H35N3O2/c1-3-20-31(29(34)30-27-17-11-10-12-24(27)2)22-19-28(33)32(23-26-15-8-5-9-16-26)21-18-25-13-6-4-7-14-25/h4-17H,3,18-23H2,1-2H3,(H,30,34). The Hall–Kier alpha value is -3.60. The Balaban J connectivity index is 1.64. The van der Waals surface area contributed by atoms with E-state index in [1.807, 2.05) is 91.5 Å². The fourth-order valence-corrected chi connectivity index (χ4v) is 3.89. The van der Waals surface area contributed by atoms with Crippen LogP contribution in [0.5, 0.6) is 0 Å². The monoisotopic (exact) mass is 457 g/mol. The zero-order chi connectivity index (χ0) is 24.2. The lowest BCUT2D eigenvalue weighted by atomic mass is 10.1. The Bertz CT molecular complexity index is 1040. The number of carbonyl (C=O) groups is 2. The van der Waals surface area contributed by atoms with E-state index in [1.54, 1.807) is 4.90 Å². The summed E-state index contributed by atoms with van der Waals surface area (Å²) < 4.78 is 0.